The largest absolute Gasteiger partial charge is 0.454 e. The van der Waals surface area contributed by atoms with Crippen molar-refractivity contribution in [2.75, 3.05) is 31.4 Å². The van der Waals surface area contributed by atoms with Crippen LogP contribution in [0.2, 0.25) is 0 Å². The lowest BCUT2D eigenvalue weighted by Crippen LogP contribution is -2.44. The molecule has 1 atom stereocenters. The average molecular weight is 453 g/mol. The van der Waals surface area contributed by atoms with E-state index in [1.54, 1.807) is 0 Å². The molecule has 0 radical (unpaired) electrons. The molecule has 7 nitrogen and oxygen atoms in total. The summed E-state index contributed by atoms with van der Waals surface area (Å²) in [6, 6.07) is 14.3. The number of β-amino-alcohol motifs (C(OH)–C–C–N with tert-alkyl or cyclic N) is 1. The number of aliphatic hydroxyl groups is 1. The minimum Gasteiger partial charge on any atom is -0.454 e. The number of carbonyl (C=O) groups is 1. The standard InChI is InChI=1S/C26H32N2O5/c29-22(17-31-16-19-6-2-1-3-7-19)15-27-11-10-26(30)28(21-8-4-5-9-21)14-20-12-24-25(13-23(20)27)33-18-32-24/h1-3,6-7,12-13,21-22,29H,4-5,8-11,14-18H2/t22-/m1/s1. The highest BCUT2D eigenvalue weighted by molar-refractivity contribution is 5.79. The van der Waals surface area contributed by atoms with Crippen LogP contribution in [0.3, 0.4) is 0 Å². The Kier molecular flexibility index (Phi) is 6.69. The van der Waals surface area contributed by atoms with Crippen LogP contribution in [0.15, 0.2) is 42.5 Å². The third-order valence-electron chi connectivity index (χ3n) is 6.79. The molecule has 5 rings (SSSR count). The molecule has 2 aliphatic heterocycles. The van der Waals surface area contributed by atoms with Crippen molar-refractivity contribution in [1.82, 2.24) is 4.90 Å². The van der Waals surface area contributed by atoms with E-state index in [1.807, 2.05) is 42.5 Å². The van der Waals surface area contributed by atoms with Crippen molar-refractivity contribution in [1.29, 1.82) is 0 Å². The van der Waals surface area contributed by atoms with Crippen molar-refractivity contribution in [2.24, 2.45) is 0 Å². The summed E-state index contributed by atoms with van der Waals surface area (Å²) < 4.78 is 17.0. The van der Waals surface area contributed by atoms with Gasteiger partial charge in [-0.15, -0.1) is 0 Å². The quantitative estimate of drug-likeness (QED) is 0.694. The average Bonchev–Trinajstić information content (AvgIpc) is 3.51. The second kappa shape index (κ2) is 10.0. The van der Waals surface area contributed by atoms with Crippen LogP contribution in [-0.2, 0) is 22.7 Å². The summed E-state index contributed by atoms with van der Waals surface area (Å²) in [5.41, 5.74) is 3.11. The van der Waals surface area contributed by atoms with Crippen molar-refractivity contribution in [2.45, 2.75) is 57.4 Å². The molecule has 0 unspecified atom stereocenters. The first-order valence-electron chi connectivity index (χ1n) is 11.9. The van der Waals surface area contributed by atoms with Crippen molar-refractivity contribution in [3.05, 3.63) is 53.6 Å². The summed E-state index contributed by atoms with van der Waals surface area (Å²) in [7, 11) is 0. The molecule has 7 heteroatoms. The Morgan fingerprint density at radius 1 is 1.09 bits per heavy atom. The Hall–Kier alpha value is -2.77. The predicted octanol–water partition coefficient (Wildman–Crippen LogP) is 3.47. The summed E-state index contributed by atoms with van der Waals surface area (Å²) in [6.45, 7) is 2.39. The van der Waals surface area contributed by atoms with E-state index < -0.39 is 6.10 Å². The number of aliphatic hydroxyl groups excluding tert-OH is 1. The first-order chi connectivity index (χ1) is 16.2. The molecule has 0 spiro atoms. The number of fused-ring (bicyclic) bond motifs is 2. The lowest BCUT2D eigenvalue weighted by atomic mass is 10.0. The molecule has 176 valence electrons. The molecular formula is C26H32N2O5. The summed E-state index contributed by atoms with van der Waals surface area (Å²) in [4.78, 5) is 17.3. The van der Waals surface area contributed by atoms with Gasteiger partial charge in [0, 0.05) is 43.9 Å². The van der Waals surface area contributed by atoms with E-state index >= 15 is 0 Å². The normalized spacial score (nSPS) is 19.4. The molecule has 1 amide bonds. The smallest absolute Gasteiger partial charge is 0.231 e. The molecule has 2 heterocycles. The monoisotopic (exact) mass is 452 g/mol. The summed E-state index contributed by atoms with van der Waals surface area (Å²) in [6.07, 6.45) is 4.28. The Morgan fingerprint density at radius 2 is 1.85 bits per heavy atom. The maximum atomic E-state index is 13.1. The van der Waals surface area contributed by atoms with Crippen molar-refractivity contribution in [3.63, 3.8) is 0 Å². The van der Waals surface area contributed by atoms with Gasteiger partial charge in [0.2, 0.25) is 12.7 Å². The fourth-order valence-electron chi connectivity index (χ4n) is 5.09. The fourth-order valence-corrected chi connectivity index (χ4v) is 5.09. The number of hydrogen-bond acceptors (Lipinski definition) is 6. The molecule has 2 aromatic rings. The SMILES string of the molecule is O=C1CCN(C[C@@H](O)COCc2ccccc2)c2cc3c(cc2CN1C1CCCC1)OCO3. The van der Waals surface area contributed by atoms with E-state index in [9.17, 15) is 9.90 Å². The van der Waals surface area contributed by atoms with Gasteiger partial charge in [-0.2, -0.15) is 0 Å². The Bertz CT molecular complexity index is 961. The lowest BCUT2D eigenvalue weighted by Gasteiger charge is -2.36. The number of rotatable bonds is 7. The van der Waals surface area contributed by atoms with Gasteiger partial charge in [0.1, 0.15) is 0 Å². The van der Waals surface area contributed by atoms with Crippen LogP contribution in [0.25, 0.3) is 0 Å². The van der Waals surface area contributed by atoms with Gasteiger partial charge in [-0.1, -0.05) is 43.2 Å². The van der Waals surface area contributed by atoms with Gasteiger partial charge in [0.25, 0.3) is 0 Å². The van der Waals surface area contributed by atoms with Gasteiger partial charge >= 0.3 is 0 Å². The Labute approximate surface area is 194 Å². The van der Waals surface area contributed by atoms with E-state index in [0.29, 0.717) is 44.5 Å². The minimum absolute atomic E-state index is 0.185. The Morgan fingerprint density at radius 3 is 2.64 bits per heavy atom. The fraction of sp³-hybridized carbons (Fsp3) is 0.500. The van der Waals surface area contributed by atoms with Crippen molar-refractivity contribution in [3.8, 4) is 11.5 Å². The first kappa shape index (κ1) is 22.0. The molecule has 3 aliphatic rings. The van der Waals surface area contributed by atoms with Crippen LogP contribution >= 0.6 is 0 Å². The van der Waals surface area contributed by atoms with Gasteiger partial charge < -0.3 is 29.1 Å². The van der Waals surface area contributed by atoms with Crippen LogP contribution in [0, 0.1) is 0 Å². The lowest BCUT2D eigenvalue weighted by molar-refractivity contribution is -0.134. The van der Waals surface area contributed by atoms with Gasteiger partial charge in [-0.25, -0.2) is 0 Å². The van der Waals surface area contributed by atoms with Gasteiger partial charge in [0.05, 0.1) is 19.3 Å². The second-order valence-corrected chi connectivity index (χ2v) is 9.14. The maximum Gasteiger partial charge on any atom is 0.231 e. The number of benzene rings is 2. The van der Waals surface area contributed by atoms with Crippen LogP contribution in [0.4, 0.5) is 5.69 Å². The second-order valence-electron chi connectivity index (χ2n) is 9.14. The highest BCUT2D eigenvalue weighted by Gasteiger charge is 2.32. The third kappa shape index (κ3) is 5.09. The van der Waals surface area contributed by atoms with E-state index in [0.717, 1.165) is 35.4 Å². The molecule has 0 bridgehead atoms. The topological polar surface area (TPSA) is 71.5 Å². The number of hydrogen-bond donors (Lipinski definition) is 1. The molecule has 33 heavy (non-hydrogen) atoms. The van der Waals surface area contributed by atoms with Gasteiger partial charge in [0.15, 0.2) is 11.5 Å². The van der Waals surface area contributed by atoms with Crippen LogP contribution in [0.1, 0.15) is 43.2 Å². The van der Waals surface area contributed by atoms with E-state index in [4.69, 9.17) is 14.2 Å². The number of nitrogens with zero attached hydrogens (tertiary/aromatic N) is 2. The van der Waals surface area contributed by atoms with Gasteiger partial charge in [-0.3, -0.25) is 4.79 Å². The highest BCUT2D eigenvalue weighted by Crippen LogP contribution is 2.40. The molecule has 0 saturated heterocycles. The summed E-state index contributed by atoms with van der Waals surface area (Å²) in [5.74, 6) is 1.62. The number of carbonyl (C=O) groups excluding carboxylic acids is 1. The minimum atomic E-state index is -0.674. The number of anilines is 1. The zero-order valence-corrected chi connectivity index (χ0v) is 18.9. The molecule has 2 aromatic carbocycles. The number of ether oxygens (including phenoxy) is 3. The zero-order valence-electron chi connectivity index (χ0n) is 18.9. The summed E-state index contributed by atoms with van der Waals surface area (Å²) >= 11 is 0. The van der Waals surface area contributed by atoms with Crippen LogP contribution in [0.5, 0.6) is 11.5 Å². The summed E-state index contributed by atoms with van der Waals surface area (Å²) in [5, 5.41) is 10.7. The molecule has 1 N–H and O–H groups in total. The maximum absolute atomic E-state index is 13.1. The molecule has 1 fully saturated rings. The first-order valence-corrected chi connectivity index (χ1v) is 11.9. The van der Waals surface area contributed by atoms with Crippen molar-refractivity contribution >= 4 is 11.6 Å². The van der Waals surface area contributed by atoms with Crippen LogP contribution < -0.4 is 14.4 Å². The van der Waals surface area contributed by atoms with Crippen molar-refractivity contribution < 1.29 is 24.1 Å². The number of amides is 1. The Balaban J connectivity index is 1.32. The van der Waals surface area contributed by atoms with Gasteiger partial charge in [-0.05, 0) is 30.0 Å². The molecule has 1 aliphatic carbocycles. The van der Waals surface area contributed by atoms with E-state index in [-0.39, 0.29) is 19.3 Å². The molecule has 0 aromatic heterocycles. The van der Waals surface area contributed by atoms with E-state index in [1.165, 1.54) is 12.8 Å². The third-order valence-corrected chi connectivity index (χ3v) is 6.79. The predicted molar refractivity (Wildman–Crippen MR) is 124 cm³/mol. The molecular weight excluding hydrogens is 420 g/mol. The zero-order chi connectivity index (χ0) is 22.6. The highest BCUT2D eigenvalue weighted by atomic mass is 16.7. The van der Waals surface area contributed by atoms with Crippen LogP contribution in [-0.4, -0.2) is 54.5 Å². The van der Waals surface area contributed by atoms with E-state index in [2.05, 4.69) is 9.80 Å². The molecule has 1 saturated carbocycles.